The van der Waals surface area contributed by atoms with Crippen molar-refractivity contribution in [2.24, 2.45) is 11.8 Å². The molecule has 2 aliphatic rings. The van der Waals surface area contributed by atoms with Crippen LogP contribution in [0.5, 0.6) is 5.75 Å². The lowest BCUT2D eigenvalue weighted by molar-refractivity contribution is -0.136. The van der Waals surface area contributed by atoms with Crippen molar-refractivity contribution >= 4 is 5.97 Å². The summed E-state index contributed by atoms with van der Waals surface area (Å²) in [6, 6.07) is 5.77. The van der Waals surface area contributed by atoms with Crippen molar-refractivity contribution in [3.8, 4) is 5.75 Å². The molecule has 3 atom stereocenters. The molecule has 3 rings (SSSR count). The van der Waals surface area contributed by atoms with Gasteiger partial charge in [0.2, 0.25) is 0 Å². The average molecular weight is 346 g/mol. The standard InChI is InChI=1S/C21H30O4/c1-14(2)6-4-10-21(3)17-7-5-11-24-20(17)16-12-15(13-19(22)23)8-9-18(16)25-21/h8-9,12,14,17,20H,4-7,10-11,13H2,1-3H3,(H,22,23)/t17-,20+,21-/m1/s1. The third kappa shape index (κ3) is 4.00. The number of fused-ring (bicyclic) bond motifs is 3. The van der Waals surface area contributed by atoms with Gasteiger partial charge >= 0.3 is 5.97 Å². The fraction of sp³-hybridized carbons (Fsp3) is 0.667. The molecule has 1 saturated heterocycles. The van der Waals surface area contributed by atoms with Gasteiger partial charge in [0.25, 0.3) is 0 Å². The van der Waals surface area contributed by atoms with Gasteiger partial charge in [0, 0.05) is 18.1 Å². The lowest BCUT2D eigenvalue weighted by atomic mass is 9.72. The highest BCUT2D eigenvalue weighted by Gasteiger charge is 2.48. The summed E-state index contributed by atoms with van der Waals surface area (Å²) in [5.74, 6) is 1.10. The molecular weight excluding hydrogens is 316 g/mol. The van der Waals surface area contributed by atoms with E-state index in [0.29, 0.717) is 11.8 Å². The van der Waals surface area contributed by atoms with Crippen LogP contribution < -0.4 is 4.74 Å². The second kappa shape index (κ2) is 7.36. The van der Waals surface area contributed by atoms with E-state index in [4.69, 9.17) is 14.6 Å². The SMILES string of the molecule is CC(C)CCC[C@@]1(C)Oc2ccc(CC(=O)O)cc2[C@@H]2OCCC[C@H]21. The number of carbonyl (C=O) groups is 1. The Morgan fingerprint density at radius 1 is 1.40 bits per heavy atom. The lowest BCUT2D eigenvalue weighted by Crippen LogP contribution is -2.49. The van der Waals surface area contributed by atoms with Crippen molar-refractivity contribution in [1.82, 2.24) is 0 Å². The second-order valence-electron chi connectivity index (χ2n) is 8.18. The number of hydrogen-bond acceptors (Lipinski definition) is 3. The van der Waals surface area contributed by atoms with E-state index in [1.807, 2.05) is 18.2 Å². The molecule has 1 fully saturated rings. The molecule has 0 aliphatic carbocycles. The number of ether oxygens (including phenoxy) is 2. The smallest absolute Gasteiger partial charge is 0.307 e. The van der Waals surface area contributed by atoms with Crippen molar-refractivity contribution < 1.29 is 19.4 Å². The molecule has 1 N–H and O–H groups in total. The van der Waals surface area contributed by atoms with Gasteiger partial charge in [-0.1, -0.05) is 26.3 Å². The van der Waals surface area contributed by atoms with Crippen molar-refractivity contribution in [2.45, 2.75) is 71.0 Å². The molecule has 4 nitrogen and oxygen atoms in total. The first kappa shape index (κ1) is 18.2. The van der Waals surface area contributed by atoms with Crippen LogP contribution in [0.25, 0.3) is 0 Å². The molecule has 1 aromatic carbocycles. The molecule has 4 heteroatoms. The molecule has 0 saturated carbocycles. The predicted octanol–water partition coefficient (Wildman–Crippen LogP) is 4.76. The quantitative estimate of drug-likeness (QED) is 0.807. The van der Waals surface area contributed by atoms with Crippen LogP contribution >= 0.6 is 0 Å². The molecule has 2 heterocycles. The molecule has 25 heavy (non-hydrogen) atoms. The topological polar surface area (TPSA) is 55.8 Å². The normalized spacial score (nSPS) is 28.2. The number of carboxylic acid groups (broad SMARTS) is 1. The summed E-state index contributed by atoms with van der Waals surface area (Å²) < 4.78 is 12.7. The first-order chi connectivity index (χ1) is 11.9. The van der Waals surface area contributed by atoms with Gasteiger partial charge in [-0.05, 0) is 56.2 Å². The fourth-order valence-corrected chi connectivity index (χ4v) is 4.34. The first-order valence-corrected chi connectivity index (χ1v) is 9.54. The highest BCUT2D eigenvalue weighted by molar-refractivity contribution is 5.70. The molecule has 0 spiro atoms. The van der Waals surface area contributed by atoms with E-state index >= 15 is 0 Å². The molecule has 138 valence electrons. The Kier molecular flexibility index (Phi) is 5.38. The summed E-state index contributed by atoms with van der Waals surface area (Å²) in [6.07, 6.45) is 5.63. The summed E-state index contributed by atoms with van der Waals surface area (Å²) in [5, 5.41) is 9.07. The summed E-state index contributed by atoms with van der Waals surface area (Å²) >= 11 is 0. The van der Waals surface area contributed by atoms with Crippen LogP contribution in [0.3, 0.4) is 0 Å². The zero-order valence-corrected chi connectivity index (χ0v) is 15.6. The van der Waals surface area contributed by atoms with Crippen molar-refractivity contribution in [2.75, 3.05) is 6.61 Å². The van der Waals surface area contributed by atoms with Gasteiger partial charge in [0.1, 0.15) is 11.4 Å². The summed E-state index contributed by atoms with van der Waals surface area (Å²) in [7, 11) is 0. The highest BCUT2D eigenvalue weighted by atomic mass is 16.5. The molecule has 0 unspecified atom stereocenters. The number of hydrogen-bond donors (Lipinski definition) is 1. The van der Waals surface area contributed by atoms with E-state index in [0.717, 1.165) is 49.2 Å². The Morgan fingerprint density at radius 3 is 2.92 bits per heavy atom. The van der Waals surface area contributed by atoms with Crippen LogP contribution in [-0.2, 0) is 16.0 Å². The van der Waals surface area contributed by atoms with Gasteiger partial charge in [-0.25, -0.2) is 0 Å². The minimum Gasteiger partial charge on any atom is -0.487 e. The minimum atomic E-state index is -0.809. The van der Waals surface area contributed by atoms with Gasteiger partial charge in [-0.2, -0.15) is 0 Å². The fourth-order valence-electron chi connectivity index (χ4n) is 4.34. The van der Waals surface area contributed by atoms with Gasteiger partial charge in [0.05, 0.1) is 12.5 Å². The molecule has 0 bridgehead atoms. The van der Waals surface area contributed by atoms with E-state index < -0.39 is 5.97 Å². The minimum absolute atomic E-state index is 0.0234. The van der Waals surface area contributed by atoms with Crippen LogP contribution in [0, 0.1) is 11.8 Å². The van der Waals surface area contributed by atoms with E-state index in [2.05, 4.69) is 20.8 Å². The lowest BCUT2D eigenvalue weighted by Gasteiger charge is -2.49. The van der Waals surface area contributed by atoms with Crippen LogP contribution in [0.15, 0.2) is 18.2 Å². The molecule has 0 radical (unpaired) electrons. The Bertz CT molecular complexity index is 624. The van der Waals surface area contributed by atoms with Gasteiger partial charge < -0.3 is 14.6 Å². The van der Waals surface area contributed by atoms with Crippen LogP contribution in [0.4, 0.5) is 0 Å². The van der Waals surface area contributed by atoms with Crippen LogP contribution in [0.1, 0.15) is 70.1 Å². The molecule has 2 aliphatic heterocycles. The third-order valence-corrected chi connectivity index (χ3v) is 5.64. The number of carboxylic acids is 1. The summed E-state index contributed by atoms with van der Waals surface area (Å²) in [6.45, 7) is 7.52. The Labute approximate surface area is 150 Å². The molecule has 1 aromatic rings. The summed E-state index contributed by atoms with van der Waals surface area (Å²) in [5.41, 5.74) is 1.64. The van der Waals surface area contributed by atoms with Gasteiger partial charge in [0.15, 0.2) is 0 Å². The number of rotatable bonds is 6. The van der Waals surface area contributed by atoms with E-state index in [1.165, 1.54) is 6.42 Å². The zero-order chi connectivity index (χ0) is 18.0. The predicted molar refractivity (Wildman–Crippen MR) is 96.9 cm³/mol. The summed E-state index contributed by atoms with van der Waals surface area (Å²) in [4.78, 5) is 11.0. The maximum Gasteiger partial charge on any atom is 0.307 e. The van der Waals surface area contributed by atoms with Crippen LogP contribution in [0.2, 0.25) is 0 Å². The van der Waals surface area contributed by atoms with E-state index in [-0.39, 0.29) is 18.1 Å². The maximum absolute atomic E-state index is 11.0. The Hall–Kier alpha value is -1.55. The second-order valence-corrected chi connectivity index (χ2v) is 8.18. The van der Waals surface area contributed by atoms with E-state index in [9.17, 15) is 4.79 Å². The van der Waals surface area contributed by atoms with Crippen molar-refractivity contribution in [1.29, 1.82) is 0 Å². The molecular formula is C21H30O4. The molecule has 0 amide bonds. The third-order valence-electron chi connectivity index (χ3n) is 5.64. The Morgan fingerprint density at radius 2 is 2.20 bits per heavy atom. The van der Waals surface area contributed by atoms with E-state index in [1.54, 1.807) is 0 Å². The van der Waals surface area contributed by atoms with Crippen LogP contribution in [-0.4, -0.2) is 23.3 Å². The zero-order valence-electron chi connectivity index (χ0n) is 15.6. The molecule has 0 aromatic heterocycles. The monoisotopic (exact) mass is 346 g/mol. The van der Waals surface area contributed by atoms with Crippen molar-refractivity contribution in [3.05, 3.63) is 29.3 Å². The highest BCUT2D eigenvalue weighted by Crippen LogP contribution is 2.51. The van der Waals surface area contributed by atoms with Gasteiger partial charge in [-0.15, -0.1) is 0 Å². The van der Waals surface area contributed by atoms with Gasteiger partial charge in [-0.3, -0.25) is 4.79 Å². The first-order valence-electron chi connectivity index (χ1n) is 9.54. The average Bonchev–Trinajstić information content (AvgIpc) is 2.55. The largest absolute Gasteiger partial charge is 0.487 e. The van der Waals surface area contributed by atoms with Crippen molar-refractivity contribution in [3.63, 3.8) is 0 Å². The number of aliphatic carboxylic acids is 1. The number of benzene rings is 1. The Balaban J connectivity index is 1.87. The maximum atomic E-state index is 11.0.